The Labute approximate surface area is 95.4 Å². The van der Waals surface area contributed by atoms with Crippen molar-refractivity contribution in [1.29, 1.82) is 0 Å². The molecule has 0 spiro atoms. The summed E-state index contributed by atoms with van der Waals surface area (Å²) < 4.78 is 10.8. The molecule has 0 saturated carbocycles. The molecule has 1 heterocycles. The van der Waals surface area contributed by atoms with E-state index >= 15 is 0 Å². The van der Waals surface area contributed by atoms with E-state index in [1.54, 1.807) is 0 Å². The molecule has 0 atom stereocenters. The number of fused-ring (bicyclic) bond motifs is 1. The smallest absolute Gasteiger partial charge is 0.142 e. The summed E-state index contributed by atoms with van der Waals surface area (Å²) in [6.45, 7) is 3.46. The minimum Gasteiger partial charge on any atom is -0.478 e. The van der Waals surface area contributed by atoms with E-state index in [4.69, 9.17) is 14.6 Å². The summed E-state index contributed by atoms with van der Waals surface area (Å²) >= 11 is 0. The fraction of sp³-hybridized carbons (Fsp3) is 0.500. The van der Waals surface area contributed by atoms with Crippen molar-refractivity contribution in [3.63, 3.8) is 0 Å². The van der Waals surface area contributed by atoms with Gasteiger partial charge in [0.1, 0.15) is 12.5 Å². The third kappa shape index (κ3) is 2.95. The summed E-state index contributed by atoms with van der Waals surface area (Å²) in [5, 5.41) is 8.57. The standard InChI is InChI=1S/C12H17NO3/c14-6-8-15-7-5-13-9-11-3-1-2-4-12(11)16-10-13/h1-4,14H,5-10H2. The summed E-state index contributed by atoms with van der Waals surface area (Å²) in [7, 11) is 0. The fourth-order valence-electron chi connectivity index (χ4n) is 1.73. The summed E-state index contributed by atoms with van der Waals surface area (Å²) in [6.07, 6.45) is 0. The molecule has 0 aliphatic carbocycles. The van der Waals surface area contributed by atoms with Crippen LogP contribution >= 0.6 is 0 Å². The maximum atomic E-state index is 8.57. The van der Waals surface area contributed by atoms with Gasteiger partial charge < -0.3 is 14.6 Å². The van der Waals surface area contributed by atoms with Crippen molar-refractivity contribution in [2.75, 3.05) is 33.1 Å². The van der Waals surface area contributed by atoms with Gasteiger partial charge in [-0.25, -0.2) is 0 Å². The second-order valence-corrected chi connectivity index (χ2v) is 3.77. The Kier molecular flexibility index (Phi) is 4.16. The van der Waals surface area contributed by atoms with Crippen LogP contribution in [-0.2, 0) is 11.3 Å². The van der Waals surface area contributed by atoms with Crippen LogP contribution in [0.3, 0.4) is 0 Å². The number of aliphatic hydroxyl groups is 1. The first-order chi connectivity index (χ1) is 7.90. The molecule has 1 aromatic carbocycles. The zero-order valence-electron chi connectivity index (χ0n) is 9.26. The van der Waals surface area contributed by atoms with Gasteiger partial charge in [-0.1, -0.05) is 18.2 Å². The highest BCUT2D eigenvalue weighted by Gasteiger charge is 2.15. The van der Waals surface area contributed by atoms with Crippen LogP contribution in [0.5, 0.6) is 5.75 Å². The number of nitrogens with zero attached hydrogens (tertiary/aromatic N) is 1. The van der Waals surface area contributed by atoms with Crippen LogP contribution in [0.4, 0.5) is 0 Å². The van der Waals surface area contributed by atoms with Gasteiger partial charge in [0.05, 0.1) is 19.8 Å². The number of benzene rings is 1. The van der Waals surface area contributed by atoms with E-state index in [2.05, 4.69) is 11.0 Å². The number of hydrogen-bond donors (Lipinski definition) is 1. The molecule has 0 fully saturated rings. The van der Waals surface area contributed by atoms with Gasteiger partial charge in [-0.15, -0.1) is 0 Å². The molecule has 0 unspecified atom stereocenters. The van der Waals surface area contributed by atoms with E-state index in [0.29, 0.717) is 19.9 Å². The van der Waals surface area contributed by atoms with Crippen molar-refractivity contribution in [2.45, 2.75) is 6.54 Å². The maximum Gasteiger partial charge on any atom is 0.142 e. The lowest BCUT2D eigenvalue weighted by molar-refractivity contribution is 0.0390. The lowest BCUT2D eigenvalue weighted by atomic mass is 10.2. The van der Waals surface area contributed by atoms with E-state index in [0.717, 1.165) is 18.8 Å². The molecule has 1 aromatic rings. The first-order valence-corrected chi connectivity index (χ1v) is 5.52. The molecule has 0 saturated heterocycles. The fourth-order valence-corrected chi connectivity index (χ4v) is 1.73. The molecule has 1 N–H and O–H groups in total. The van der Waals surface area contributed by atoms with E-state index in [1.165, 1.54) is 5.56 Å². The number of rotatable bonds is 5. The Morgan fingerprint density at radius 3 is 3.06 bits per heavy atom. The predicted molar refractivity (Wildman–Crippen MR) is 60.3 cm³/mol. The Morgan fingerprint density at radius 1 is 1.31 bits per heavy atom. The van der Waals surface area contributed by atoms with E-state index in [9.17, 15) is 0 Å². The molecule has 1 aliphatic heterocycles. The lowest BCUT2D eigenvalue weighted by Crippen LogP contribution is -2.34. The van der Waals surface area contributed by atoms with Crippen LogP contribution in [0.2, 0.25) is 0 Å². The highest BCUT2D eigenvalue weighted by atomic mass is 16.5. The SMILES string of the molecule is OCCOCCN1COc2ccccc2C1. The van der Waals surface area contributed by atoms with Crippen LogP contribution in [0, 0.1) is 0 Å². The third-order valence-corrected chi connectivity index (χ3v) is 2.56. The molecule has 1 aliphatic rings. The molecule has 16 heavy (non-hydrogen) atoms. The minimum absolute atomic E-state index is 0.0827. The average Bonchev–Trinajstić information content (AvgIpc) is 2.34. The average molecular weight is 223 g/mol. The number of hydrogen-bond acceptors (Lipinski definition) is 4. The van der Waals surface area contributed by atoms with Crippen molar-refractivity contribution >= 4 is 0 Å². The van der Waals surface area contributed by atoms with E-state index in [-0.39, 0.29) is 6.61 Å². The number of aliphatic hydroxyl groups excluding tert-OH is 1. The molecule has 0 amide bonds. The minimum atomic E-state index is 0.0827. The Morgan fingerprint density at radius 2 is 2.19 bits per heavy atom. The second-order valence-electron chi connectivity index (χ2n) is 3.77. The van der Waals surface area contributed by atoms with Crippen LogP contribution < -0.4 is 4.74 Å². The van der Waals surface area contributed by atoms with Crippen molar-refractivity contribution < 1.29 is 14.6 Å². The molecule has 4 heteroatoms. The van der Waals surface area contributed by atoms with Crippen molar-refractivity contribution in [1.82, 2.24) is 4.90 Å². The van der Waals surface area contributed by atoms with Gasteiger partial charge >= 0.3 is 0 Å². The first-order valence-electron chi connectivity index (χ1n) is 5.52. The number of para-hydroxylation sites is 1. The molecule has 4 nitrogen and oxygen atoms in total. The third-order valence-electron chi connectivity index (χ3n) is 2.56. The zero-order chi connectivity index (χ0) is 11.2. The zero-order valence-corrected chi connectivity index (χ0v) is 9.26. The molecule has 2 rings (SSSR count). The van der Waals surface area contributed by atoms with Gasteiger partial charge in [0.15, 0.2) is 0 Å². The van der Waals surface area contributed by atoms with Crippen molar-refractivity contribution in [3.05, 3.63) is 29.8 Å². The Balaban J connectivity index is 1.79. The molecule has 0 radical (unpaired) electrons. The van der Waals surface area contributed by atoms with Gasteiger partial charge in [-0.05, 0) is 6.07 Å². The quantitative estimate of drug-likeness (QED) is 0.751. The van der Waals surface area contributed by atoms with Crippen LogP contribution in [0.25, 0.3) is 0 Å². The van der Waals surface area contributed by atoms with Gasteiger partial charge in [-0.2, -0.15) is 0 Å². The molecular weight excluding hydrogens is 206 g/mol. The Bertz CT molecular complexity index is 330. The van der Waals surface area contributed by atoms with E-state index in [1.807, 2.05) is 18.2 Å². The largest absolute Gasteiger partial charge is 0.478 e. The maximum absolute atomic E-state index is 8.57. The van der Waals surface area contributed by atoms with Crippen LogP contribution in [-0.4, -0.2) is 43.1 Å². The highest BCUT2D eigenvalue weighted by molar-refractivity contribution is 5.34. The second kappa shape index (κ2) is 5.84. The molecule has 0 bridgehead atoms. The summed E-state index contributed by atoms with van der Waals surface area (Å²) in [5.41, 5.74) is 1.22. The van der Waals surface area contributed by atoms with Crippen molar-refractivity contribution in [2.24, 2.45) is 0 Å². The Hall–Kier alpha value is -1.10. The van der Waals surface area contributed by atoms with Crippen molar-refractivity contribution in [3.8, 4) is 5.75 Å². The monoisotopic (exact) mass is 223 g/mol. The first kappa shape index (κ1) is 11.4. The normalized spacial score (nSPS) is 15.6. The van der Waals surface area contributed by atoms with Crippen LogP contribution in [0.15, 0.2) is 24.3 Å². The van der Waals surface area contributed by atoms with Gasteiger partial charge in [-0.3, -0.25) is 4.90 Å². The lowest BCUT2D eigenvalue weighted by Gasteiger charge is -2.28. The summed E-state index contributed by atoms with van der Waals surface area (Å²) in [4.78, 5) is 2.18. The van der Waals surface area contributed by atoms with Crippen LogP contribution in [0.1, 0.15) is 5.56 Å². The topological polar surface area (TPSA) is 41.9 Å². The van der Waals surface area contributed by atoms with Gasteiger partial charge in [0, 0.05) is 18.7 Å². The molecular formula is C12H17NO3. The summed E-state index contributed by atoms with van der Waals surface area (Å²) in [6, 6.07) is 8.08. The van der Waals surface area contributed by atoms with E-state index < -0.39 is 0 Å². The van der Waals surface area contributed by atoms with Gasteiger partial charge in [0.2, 0.25) is 0 Å². The summed E-state index contributed by atoms with van der Waals surface area (Å²) in [5.74, 6) is 0.982. The predicted octanol–water partition coefficient (Wildman–Crippen LogP) is 0.847. The number of ether oxygens (including phenoxy) is 2. The molecule has 88 valence electrons. The van der Waals surface area contributed by atoms with Gasteiger partial charge in [0.25, 0.3) is 0 Å². The highest BCUT2D eigenvalue weighted by Crippen LogP contribution is 2.23. The molecule has 0 aromatic heterocycles.